The Kier molecular flexibility index (Phi) is 3.22. The Morgan fingerprint density at radius 1 is 1.19 bits per heavy atom. The summed E-state index contributed by atoms with van der Waals surface area (Å²) in [6.07, 6.45) is 1.85. The van der Waals surface area contributed by atoms with Gasteiger partial charge >= 0.3 is 0 Å². The second kappa shape index (κ2) is 4.81. The minimum atomic E-state index is 0.447. The third-order valence-electron chi connectivity index (χ3n) is 2.27. The molecule has 1 aromatic heterocycles. The van der Waals surface area contributed by atoms with Crippen LogP contribution in [0.3, 0.4) is 0 Å². The molecule has 0 aliphatic heterocycles. The van der Waals surface area contributed by atoms with Gasteiger partial charge in [0.1, 0.15) is 5.69 Å². The molecule has 0 bridgehead atoms. The van der Waals surface area contributed by atoms with Crippen molar-refractivity contribution in [3.63, 3.8) is 0 Å². The highest BCUT2D eigenvalue weighted by Gasteiger charge is 2.09. The van der Waals surface area contributed by atoms with E-state index >= 15 is 0 Å². The lowest BCUT2D eigenvalue weighted by Crippen LogP contribution is -1.96. The van der Waals surface area contributed by atoms with E-state index in [4.69, 9.17) is 9.47 Å². The summed E-state index contributed by atoms with van der Waals surface area (Å²) in [5, 5.41) is 4.41. The van der Waals surface area contributed by atoms with Crippen molar-refractivity contribution < 1.29 is 9.47 Å². The van der Waals surface area contributed by atoms with Crippen LogP contribution in [-0.4, -0.2) is 24.0 Å². The Hall–Kier alpha value is -1.81. The van der Waals surface area contributed by atoms with E-state index in [0.717, 1.165) is 17.1 Å². The van der Waals surface area contributed by atoms with E-state index in [9.17, 15) is 0 Å². The van der Waals surface area contributed by atoms with Crippen LogP contribution in [0.2, 0.25) is 0 Å². The first kappa shape index (κ1) is 10.7. The highest BCUT2D eigenvalue weighted by atomic mass is 16.5. The standard InChI is InChI=1S/C12H14N2O2/c1-15-9-11-12(16-2)8-14(13-11)10-6-4-3-5-7-10/h3-8H,9H2,1-2H3. The van der Waals surface area contributed by atoms with Crippen molar-refractivity contribution in [3.05, 3.63) is 42.2 Å². The van der Waals surface area contributed by atoms with E-state index in [1.165, 1.54) is 0 Å². The van der Waals surface area contributed by atoms with Crippen molar-refractivity contribution in [2.45, 2.75) is 6.61 Å². The monoisotopic (exact) mass is 218 g/mol. The van der Waals surface area contributed by atoms with E-state index in [1.54, 1.807) is 18.9 Å². The van der Waals surface area contributed by atoms with Crippen LogP contribution in [0.25, 0.3) is 5.69 Å². The fraction of sp³-hybridized carbons (Fsp3) is 0.250. The molecule has 0 fully saturated rings. The number of methoxy groups -OCH3 is 2. The molecular formula is C12H14N2O2. The quantitative estimate of drug-likeness (QED) is 0.787. The molecule has 0 aliphatic rings. The van der Waals surface area contributed by atoms with Crippen LogP contribution in [-0.2, 0) is 11.3 Å². The van der Waals surface area contributed by atoms with Gasteiger partial charge in [0.25, 0.3) is 0 Å². The van der Waals surface area contributed by atoms with Crippen LogP contribution in [0.5, 0.6) is 5.75 Å². The molecule has 0 saturated heterocycles. The number of rotatable bonds is 4. The largest absolute Gasteiger partial charge is 0.493 e. The molecule has 0 spiro atoms. The zero-order chi connectivity index (χ0) is 11.4. The van der Waals surface area contributed by atoms with Crippen LogP contribution in [0, 0.1) is 0 Å². The van der Waals surface area contributed by atoms with Crippen LogP contribution < -0.4 is 4.74 Å². The van der Waals surface area contributed by atoms with Crippen molar-refractivity contribution in [2.24, 2.45) is 0 Å². The lowest BCUT2D eigenvalue weighted by Gasteiger charge is -1.98. The van der Waals surface area contributed by atoms with Gasteiger partial charge in [-0.1, -0.05) is 18.2 Å². The first-order chi connectivity index (χ1) is 7.85. The van der Waals surface area contributed by atoms with Gasteiger partial charge in [-0.15, -0.1) is 0 Å². The predicted octanol–water partition coefficient (Wildman–Crippen LogP) is 2.03. The number of hydrogen-bond acceptors (Lipinski definition) is 3. The Balaban J connectivity index is 2.36. The first-order valence-electron chi connectivity index (χ1n) is 5.02. The summed E-state index contributed by atoms with van der Waals surface area (Å²) in [6, 6.07) is 9.89. The molecule has 0 saturated carbocycles. The van der Waals surface area contributed by atoms with Gasteiger partial charge in [-0.05, 0) is 12.1 Å². The van der Waals surface area contributed by atoms with E-state index < -0.39 is 0 Å². The van der Waals surface area contributed by atoms with Gasteiger partial charge in [0, 0.05) is 7.11 Å². The van der Waals surface area contributed by atoms with E-state index in [-0.39, 0.29) is 0 Å². The molecular weight excluding hydrogens is 204 g/mol. The maximum absolute atomic E-state index is 5.24. The van der Waals surface area contributed by atoms with E-state index in [1.807, 2.05) is 36.5 Å². The maximum atomic E-state index is 5.24. The number of ether oxygens (including phenoxy) is 2. The van der Waals surface area contributed by atoms with Crippen molar-refractivity contribution in [3.8, 4) is 11.4 Å². The van der Waals surface area contributed by atoms with Crippen molar-refractivity contribution in [1.82, 2.24) is 9.78 Å². The second-order valence-corrected chi connectivity index (χ2v) is 3.36. The smallest absolute Gasteiger partial charge is 0.162 e. The van der Waals surface area contributed by atoms with Gasteiger partial charge < -0.3 is 9.47 Å². The molecule has 1 aromatic carbocycles. The summed E-state index contributed by atoms with van der Waals surface area (Å²) in [7, 11) is 3.27. The molecule has 2 rings (SSSR count). The number of para-hydroxylation sites is 1. The lowest BCUT2D eigenvalue weighted by atomic mass is 10.3. The van der Waals surface area contributed by atoms with Crippen molar-refractivity contribution >= 4 is 0 Å². The molecule has 84 valence electrons. The average Bonchev–Trinajstić information content (AvgIpc) is 2.74. The molecule has 0 N–H and O–H groups in total. The Bertz CT molecular complexity index is 451. The third-order valence-corrected chi connectivity index (χ3v) is 2.27. The minimum Gasteiger partial charge on any atom is -0.493 e. The predicted molar refractivity (Wildman–Crippen MR) is 60.8 cm³/mol. The zero-order valence-electron chi connectivity index (χ0n) is 9.38. The summed E-state index contributed by atoms with van der Waals surface area (Å²) < 4.78 is 12.1. The molecule has 0 aliphatic carbocycles. The average molecular weight is 218 g/mol. The van der Waals surface area contributed by atoms with Crippen LogP contribution >= 0.6 is 0 Å². The SMILES string of the molecule is COCc1nn(-c2ccccc2)cc1OC. The molecule has 0 radical (unpaired) electrons. The minimum absolute atomic E-state index is 0.447. The van der Waals surface area contributed by atoms with Gasteiger partial charge in [0.2, 0.25) is 0 Å². The van der Waals surface area contributed by atoms with Crippen molar-refractivity contribution in [1.29, 1.82) is 0 Å². The third kappa shape index (κ3) is 2.06. The summed E-state index contributed by atoms with van der Waals surface area (Å²) in [5.74, 6) is 0.741. The van der Waals surface area contributed by atoms with Crippen LogP contribution in [0.15, 0.2) is 36.5 Å². The number of benzene rings is 1. The molecule has 2 aromatic rings. The second-order valence-electron chi connectivity index (χ2n) is 3.36. The summed E-state index contributed by atoms with van der Waals surface area (Å²) >= 11 is 0. The fourth-order valence-corrected chi connectivity index (χ4v) is 1.51. The number of hydrogen-bond donors (Lipinski definition) is 0. The Labute approximate surface area is 94.4 Å². The van der Waals surface area contributed by atoms with E-state index in [0.29, 0.717) is 6.61 Å². The first-order valence-corrected chi connectivity index (χ1v) is 5.02. The van der Waals surface area contributed by atoms with Gasteiger partial charge in [0.15, 0.2) is 5.75 Å². The normalized spacial score (nSPS) is 10.4. The Morgan fingerprint density at radius 3 is 2.56 bits per heavy atom. The molecule has 0 atom stereocenters. The van der Waals surface area contributed by atoms with Gasteiger partial charge in [-0.25, -0.2) is 4.68 Å². The number of aromatic nitrogens is 2. The Morgan fingerprint density at radius 2 is 1.94 bits per heavy atom. The fourth-order valence-electron chi connectivity index (χ4n) is 1.51. The zero-order valence-corrected chi connectivity index (χ0v) is 9.38. The van der Waals surface area contributed by atoms with Crippen molar-refractivity contribution in [2.75, 3.05) is 14.2 Å². The molecule has 4 heteroatoms. The molecule has 4 nitrogen and oxygen atoms in total. The molecule has 1 heterocycles. The maximum Gasteiger partial charge on any atom is 0.162 e. The number of nitrogens with zero attached hydrogens (tertiary/aromatic N) is 2. The summed E-state index contributed by atoms with van der Waals surface area (Å²) in [6.45, 7) is 0.447. The molecule has 0 amide bonds. The highest BCUT2D eigenvalue weighted by molar-refractivity contribution is 5.34. The molecule has 16 heavy (non-hydrogen) atoms. The van der Waals surface area contributed by atoms with Crippen LogP contribution in [0.4, 0.5) is 0 Å². The van der Waals surface area contributed by atoms with Crippen LogP contribution in [0.1, 0.15) is 5.69 Å². The van der Waals surface area contributed by atoms with Gasteiger partial charge in [0.05, 0.1) is 25.6 Å². The summed E-state index contributed by atoms with van der Waals surface area (Å²) in [4.78, 5) is 0. The van der Waals surface area contributed by atoms with Gasteiger partial charge in [-0.2, -0.15) is 5.10 Å². The van der Waals surface area contributed by atoms with E-state index in [2.05, 4.69) is 5.10 Å². The topological polar surface area (TPSA) is 36.3 Å². The summed E-state index contributed by atoms with van der Waals surface area (Å²) in [5.41, 5.74) is 1.80. The lowest BCUT2D eigenvalue weighted by molar-refractivity contribution is 0.178. The molecule has 0 unspecified atom stereocenters. The van der Waals surface area contributed by atoms with Gasteiger partial charge in [-0.3, -0.25) is 0 Å². The highest BCUT2D eigenvalue weighted by Crippen LogP contribution is 2.19.